The molecule has 0 aliphatic heterocycles. The molecule has 2 rings (SSSR count). The summed E-state index contributed by atoms with van der Waals surface area (Å²) in [5.41, 5.74) is 9.12. The second kappa shape index (κ2) is 8.04. The number of nitrogens with zero attached hydrogens (tertiary/aromatic N) is 3. The summed E-state index contributed by atoms with van der Waals surface area (Å²) in [6, 6.07) is 0. The number of aromatic amines is 2. The molecule has 0 saturated heterocycles. The van der Waals surface area contributed by atoms with Crippen molar-refractivity contribution in [3.63, 3.8) is 0 Å². The highest BCUT2D eigenvalue weighted by Crippen LogP contribution is 2.12. The standard InChI is InChI=1S/C13H20N6S2/c1-10-12(18-9-16-10)7-21-5-4-19(13(14)20)3-2-11-6-15-8-17-11/h6,8-9H,2-5,7H2,1H3,(H2,14,20)(H,15,17)(H,16,18). The van der Waals surface area contributed by atoms with Gasteiger partial charge in [-0.2, -0.15) is 11.8 Å². The molecule has 2 aromatic heterocycles. The van der Waals surface area contributed by atoms with E-state index in [1.807, 2.05) is 29.8 Å². The van der Waals surface area contributed by atoms with Crippen LogP contribution in [0.15, 0.2) is 18.9 Å². The topological polar surface area (TPSA) is 86.6 Å². The van der Waals surface area contributed by atoms with Gasteiger partial charge in [-0.3, -0.25) is 0 Å². The summed E-state index contributed by atoms with van der Waals surface area (Å²) >= 11 is 6.95. The minimum absolute atomic E-state index is 0.450. The van der Waals surface area contributed by atoms with Crippen molar-refractivity contribution in [2.45, 2.75) is 19.1 Å². The van der Waals surface area contributed by atoms with Crippen LogP contribution in [0.2, 0.25) is 0 Å². The Morgan fingerprint density at radius 1 is 1.38 bits per heavy atom. The molecular weight excluding hydrogens is 304 g/mol. The lowest BCUT2D eigenvalue weighted by atomic mass is 10.3. The fourth-order valence-corrected chi connectivity index (χ4v) is 3.05. The van der Waals surface area contributed by atoms with Crippen molar-refractivity contribution in [1.82, 2.24) is 24.8 Å². The molecule has 0 atom stereocenters. The summed E-state index contributed by atoms with van der Waals surface area (Å²) in [6.07, 6.45) is 6.10. The average molecular weight is 324 g/mol. The van der Waals surface area contributed by atoms with E-state index in [2.05, 4.69) is 19.9 Å². The maximum Gasteiger partial charge on any atom is 0.166 e. The zero-order valence-electron chi connectivity index (χ0n) is 12.0. The first-order valence-corrected chi connectivity index (χ1v) is 8.31. The first-order valence-electron chi connectivity index (χ1n) is 6.75. The molecular formula is C13H20N6S2. The van der Waals surface area contributed by atoms with Crippen LogP contribution in [0, 0.1) is 6.92 Å². The lowest BCUT2D eigenvalue weighted by Gasteiger charge is -2.22. The van der Waals surface area contributed by atoms with Crippen LogP contribution in [-0.2, 0) is 12.2 Å². The second-order valence-corrected chi connectivity index (χ2v) is 6.20. The van der Waals surface area contributed by atoms with E-state index in [0.29, 0.717) is 5.11 Å². The van der Waals surface area contributed by atoms with Crippen molar-refractivity contribution in [2.75, 3.05) is 18.8 Å². The summed E-state index contributed by atoms with van der Waals surface area (Å²) in [5, 5.41) is 0.450. The third-order valence-corrected chi connectivity index (χ3v) is 4.40. The van der Waals surface area contributed by atoms with Crippen LogP contribution in [0.25, 0.3) is 0 Å². The zero-order valence-corrected chi connectivity index (χ0v) is 13.6. The molecule has 4 N–H and O–H groups in total. The van der Waals surface area contributed by atoms with Crippen molar-refractivity contribution in [1.29, 1.82) is 0 Å². The van der Waals surface area contributed by atoms with Gasteiger partial charge in [0.25, 0.3) is 0 Å². The van der Waals surface area contributed by atoms with Crippen LogP contribution in [0.5, 0.6) is 0 Å². The first-order chi connectivity index (χ1) is 10.2. The Labute approximate surface area is 133 Å². The zero-order chi connectivity index (χ0) is 15.1. The van der Waals surface area contributed by atoms with Gasteiger partial charge in [0.15, 0.2) is 5.11 Å². The van der Waals surface area contributed by atoms with Gasteiger partial charge in [-0.15, -0.1) is 0 Å². The van der Waals surface area contributed by atoms with Crippen LogP contribution < -0.4 is 5.73 Å². The molecule has 2 aromatic rings. The molecule has 0 aliphatic carbocycles. The molecule has 114 valence electrons. The number of imidazole rings is 2. The monoisotopic (exact) mass is 324 g/mol. The van der Waals surface area contributed by atoms with Crippen molar-refractivity contribution >= 4 is 29.1 Å². The van der Waals surface area contributed by atoms with E-state index >= 15 is 0 Å². The molecule has 8 heteroatoms. The van der Waals surface area contributed by atoms with Crippen LogP contribution in [0.3, 0.4) is 0 Å². The van der Waals surface area contributed by atoms with E-state index in [-0.39, 0.29) is 0 Å². The highest BCUT2D eigenvalue weighted by Gasteiger charge is 2.08. The van der Waals surface area contributed by atoms with Crippen LogP contribution >= 0.6 is 24.0 Å². The summed E-state index contributed by atoms with van der Waals surface area (Å²) in [7, 11) is 0. The van der Waals surface area contributed by atoms with Gasteiger partial charge < -0.3 is 20.6 Å². The summed E-state index contributed by atoms with van der Waals surface area (Å²) < 4.78 is 0. The Hall–Kier alpha value is -1.54. The number of H-pyrrole nitrogens is 2. The fraction of sp³-hybridized carbons (Fsp3) is 0.462. The Morgan fingerprint density at radius 2 is 2.24 bits per heavy atom. The lowest BCUT2D eigenvalue weighted by molar-refractivity contribution is 0.450. The van der Waals surface area contributed by atoms with E-state index in [1.165, 1.54) is 0 Å². The van der Waals surface area contributed by atoms with Crippen LogP contribution in [0.4, 0.5) is 0 Å². The van der Waals surface area contributed by atoms with Gasteiger partial charge in [-0.05, 0) is 19.1 Å². The molecule has 21 heavy (non-hydrogen) atoms. The second-order valence-electron chi connectivity index (χ2n) is 4.68. The highest BCUT2D eigenvalue weighted by molar-refractivity contribution is 7.98. The SMILES string of the molecule is Cc1[nH]cnc1CSCCN(CCc1cnc[nH]1)C(N)=S. The molecule has 0 unspecified atom stereocenters. The molecule has 0 aliphatic rings. The summed E-state index contributed by atoms with van der Waals surface area (Å²) in [4.78, 5) is 16.5. The molecule has 0 radical (unpaired) electrons. The van der Waals surface area contributed by atoms with E-state index < -0.39 is 0 Å². The predicted molar refractivity (Wildman–Crippen MR) is 90.1 cm³/mol. The Kier molecular flexibility index (Phi) is 6.06. The lowest BCUT2D eigenvalue weighted by Crippen LogP contribution is -2.38. The predicted octanol–water partition coefficient (Wildman–Crippen LogP) is 1.46. The maximum absolute atomic E-state index is 5.78. The van der Waals surface area contributed by atoms with Gasteiger partial charge in [0.2, 0.25) is 0 Å². The molecule has 2 heterocycles. The van der Waals surface area contributed by atoms with Crippen molar-refractivity contribution in [3.05, 3.63) is 35.9 Å². The number of hydrogen-bond acceptors (Lipinski definition) is 4. The molecule has 0 saturated carbocycles. The van der Waals surface area contributed by atoms with E-state index in [9.17, 15) is 0 Å². The number of hydrogen-bond donors (Lipinski definition) is 3. The van der Waals surface area contributed by atoms with Crippen LogP contribution in [-0.4, -0.2) is 48.8 Å². The average Bonchev–Trinajstić information content (AvgIpc) is 3.09. The van der Waals surface area contributed by atoms with Gasteiger partial charge >= 0.3 is 0 Å². The summed E-state index contributed by atoms with van der Waals surface area (Å²) in [6.45, 7) is 3.69. The Balaban J connectivity index is 1.70. The number of nitrogens with two attached hydrogens (primary N) is 1. The molecule has 0 amide bonds. The van der Waals surface area contributed by atoms with E-state index in [1.54, 1.807) is 12.7 Å². The molecule has 0 aromatic carbocycles. The minimum atomic E-state index is 0.450. The van der Waals surface area contributed by atoms with Gasteiger partial charge in [0.1, 0.15) is 0 Å². The smallest absolute Gasteiger partial charge is 0.166 e. The van der Waals surface area contributed by atoms with Gasteiger partial charge in [-0.25, -0.2) is 9.97 Å². The van der Waals surface area contributed by atoms with Crippen LogP contribution in [0.1, 0.15) is 17.1 Å². The summed E-state index contributed by atoms with van der Waals surface area (Å²) in [5.74, 6) is 1.87. The highest BCUT2D eigenvalue weighted by atomic mass is 32.2. The number of aryl methyl sites for hydroxylation is 1. The van der Waals surface area contributed by atoms with E-state index in [4.69, 9.17) is 18.0 Å². The quantitative estimate of drug-likeness (QED) is 0.503. The number of thioether (sulfide) groups is 1. The molecule has 6 nitrogen and oxygen atoms in total. The number of rotatable bonds is 8. The largest absolute Gasteiger partial charge is 0.376 e. The van der Waals surface area contributed by atoms with Gasteiger partial charge in [0, 0.05) is 48.6 Å². The van der Waals surface area contributed by atoms with Crippen molar-refractivity contribution in [3.8, 4) is 0 Å². The van der Waals surface area contributed by atoms with Gasteiger partial charge in [0.05, 0.1) is 18.3 Å². The minimum Gasteiger partial charge on any atom is -0.376 e. The number of thiocarbonyl (C=S) groups is 1. The van der Waals surface area contributed by atoms with Gasteiger partial charge in [-0.1, -0.05) is 0 Å². The molecule has 0 spiro atoms. The molecule has 0 fully saturated rings. The maximum atomic E-state index is 5.78. The Bertz CT molecular complexity index is 551. The third kappa shape index (κ3) is 5.05. The molecule has 0 bridgehead atoms. The first kappa shape index (κ1) is 15.8. The third-order valence-electron chi connectivity index (χ3n) is 3.20. The number of aromatic nitrogens is 4. The normalized spacial score (nSPS) is 10.7. The van der Waals surface area contributed by atoms with Crippen molar-refractivity contribution in [2.24, 2.45) is 5.73 Å². The fourth-order valence-electron chi connectivity index (χ4n) is 1.89. The Morgan fingerprint density at radius 3 is 2.86 bits per heavy atom. The number of nitrogens with one attached hydrogen (secondary N) is 2. The van der Waals surface area contributed by atoms with Crippen molar-refractivity contribution < 1.29 is 0 Å². The van der Waals surface area contributed by atoms with E-state index in [0.717, 1.165) is 48.1 Å².